The maximum Gasteiger partial charge on any atom is 0.328 e. The molecule has 0 radical (unpaired) electrons. The SMILES string of the molecule is CCCCN(CC)c1ccc([N+](=O)[O-])c(/C=C/C(=O)O)c1. The minimum atomic E-state index is -1.13. The van der Waals surface area contributed by atoms with Gasteiger partial charge in [-0.25, -0.2) is 4.79 Å². The van der Waals surface area contributed by atoms with Gasteiger partial charge in [-0.1, -0.05) is 13.3 Å². The molecular weight excluding hydrogens is 272 g/mol. The number of hydrogen-bond donors (Lipinski definition) is 1. The Balaban J connectivity index is 3.15. The summed E-state index contributed by atoms with van der Waals surface area (Å²) >= 11 is 0. The van der Waals surface area contributed by atoms with E-state index in [2.05, 4.69) is 11.8 Å². The van der Waals surface area contributed by atoms with E-state index in [9.17, 15) is 14.9 Å². The third-order valence-electron chi connectivity index (χ3n) is 3.14. The van der Waals surface area contributed by atoms with Crippen LogP contribution < -0.4 is 4.90 Å². The highest BCUT2D eigenvalue weighted by atomic mass is 16.6. The lowest BCUT2D eigenvalue weighted by Crippen LogP contribution is -2.23. The predicted molar refractivity (Wildman–Crippen MR) is 82.6 cm³/mol. The summed E-state index contributed by atoms with van der Waals surface area (Å²) in [6, 6.07) is 4.79. The summed E-state index contributed by atoms with van der Waals surface area (Å²) in [5.74, 6) is -1.13. The standard InChI is InChI=1S/C15H20N2O4/c1-3-5-10-16(4-2)13-7-8-14(17(20)21)12(11-13)6-9-15(18)19/h6-9,11H,3-5,10H2,1-2H3,(H,18,19)/b9-6+. The number of nitro benzene ring substituents is 1. The Bertz CT molecular complexity index is 540. The van der Waals surface area contributed by atoms with Gasteiger partial charge in [0.1, 0.15) is 0 Å². The van der Waals surface area contributed by atoms with Crippen molar-refractivity contribution in [3.05, 3.63) is 40.0 Å². The molecule has 1 N–H and O–H groups in total. The van der Waals surface area contributed by atoms with Crippen molar-refractivity contribution in [2.45, 2.75) is 26.7 Å². The van der Waals surface area contributed by atoms with E-state index in [-0.39, 0.29) is 5.69 Å². The van der Waals surface area contributed by atoms with Crippen LogP contribution in [0.1, 0.15) is 32.3 Å². The third-order valence-corrected chi connectivity index (χ3v) is 3.14. The number of carbonyl (C=O) groups is 1. The molecule has 21 heavy (non-hydrogen) atoms. The number of nitro groups is 1. The van der Waals surface area contributed by atoms with Crippen LogP contribution >= 0.6 is 0 Å². The summed E-state index contributed by atoms with van der Waals surface area (Å²) in [4.78, 5) is 23.2. The van der Waals surface area contributed by atoms with Crippen LogP contribution in [0.5, 0.6) is 0 Å². The van der Waals surface area contributed by atoms with Gasteiger partial charge in [0.2, 0.25) is 0 Å². The van der Waals surface area contributed by atoms with E-state index in [4.69, 9.17) is 5.11 Å². The Kier molecular flexibility index (Phi) is 6.39. The number of hydrogen-bond acceptors (Lipinski definition) is 4. The Labute approximate surface area is 123 Å². The van der Waals surface area contributed by atoms with E-state index in [1.807, 2.05) is 6.92 Å². The smallest absolute Gasteiger partial charge is 0.328 e. The Morgan fingerprint density at radius 2 is 2.14 bits per heavy atom. The van der Waals surface area contributed by atoms with Gasteiger partial charge < -0.3 is 10.0 Å². The van der Waals surface area contributed by atoms with Gasteiger partial charge in [0.05, 0.1) is 10.5 Å². The highest BCUT2D eigenvalue weighted by Gasteiger charge is 2.14. The fourth-order valence-electron chi connectivity index (χ4n) is 2.02. The number of nitrogens with zero attached hydrogens (tertiary/aromatic N) is 2. The first-order valence-corrected chi connectivity index (χ1v) is 6.94. The molecule has 0 saturated heterocycles. The van der Waals surface area contributed by atoms with Crippen LogP contribution in [0.15, 0.2) is 24.3 Å². The molecule has 6 heteroatoms. The fourth-order valence-corrected chi connectivity index (χ4v) is 2.02. The molecule has 0 bridgehead atoms. The monoisotopic (exact) mass is 292 g/mol. The minimum Gasteiger partial charge on any atom is -0.478 e. The number of aliphatic carboxylic acids is 1. The molecule has 0 fully saturated rings. The second-order valence-electron chi connectivity index (χ2n) is 4.61. The highest BCUT2D eigenvalue weighted by molar-refractivity contribution is 5.86. The zero-order valence-corrected chi connectivity index (χ0v) is 12.3. The van der Waals surface area contributed by atoms with Crippen molar-refractivity contribution in [2.24, 2.45) is 0 Å². The molecule has 0 aliphatic heterocycles. The topological polar surface area (TPSA) is 83.7 Å². The summed E-state index contributed by atoms with van der Waals surface area (Å²) in [5, 5.41) is 19.7. The lowest BCUT2D eigenvalue weighted by Gasteiger charge is -2.23. The van der Waals surface area contributed by atoms with Crippen LogP contribution in [0.4, 0.5) is 11.4 Å². The normalized spacial score (nSPS) is 10.8. The van der Waals surface area contributed by atoms with E-state index >= 15 is 0 Å². The summed E-state index contributed by atoms with van der Waals surface area (Å²) in [7, 11) is 0. The van der Waals surface area contributed by atoms with Crippen molar-refractivity contribution in [3.8, 4) is 0 Å². The number of carboxylic acids is 1. The number of rotatable bonds is 8. The van der Waals surface area contributed by atoms with Crippen LogP contribution in [0.3, 0.4) is 0 Å². The van der Waals surface area contributed by atoms with Crippen LogP contribution in [-0.2, 0) is 4.79 Å². The molecule has 114 valence electrons. The van der Waals surface area contributed by atoms with Crippen molar-refractivity contribution in [1.82, 2.24) is 0 Å². The van der Waals surface area contributed by atoms with Crippen LogP contribution in [0, 0.1) is 10.1 Å². The molecule has 1 rings (SSSR count). The summed E-state index contributed by atoms with van der Waals surface area (Å²) in [6.45, 7) is 5.78. The van der Waals surface area contributed by atoms with Crippen molar-refractivity contribution in [2.75, 3.05) is 18.0 Å². The van der Waals surface area contributed by atoms with Gasteiger partial charge in [0.25, 0.3) is 5.69 Å². The van der Waals surface area contributed by atoms with Gasteiger partial charge >= 0.3 is 5.97 Å². The van der Waals surface area contributed by atoms with Crippen LogP contribution in [0.2, 0.25) is 0 Å². The zero-order chi connectivity index (χ0) is 15.8. The predicted octanol–water partition coefficient (Wildman–Crippen LogP) is 3.32. The first-order valence-electron chi connectivity index (χ1n) is 6.94. The largest absolute Gasteiger partial charge is 0.478 e. The quantitative estimate of drug-likeness (QED) is 0.451. The van der Waals surface area contributed by atoms with Gasteiger partial charge in [-0.2, -0.15) is 0 Å². The molecule has 0 unspecified atom stereocenters. The van der Waals surface area contributed by atoms with Crippen LogP contribution in [-0.4, -0.2) is 29.1 Å². The Hall–Kier alpha value is -2.37. The molecule has 0 aliphatic rings. The maximum atomic E-state index is 11.0. The molecule has 0 saturated carbocycles. The molecule has 0 atom stereocenters. The lowest BCUT2D eigenvalue weighted by atomic mass is 10.1. The molecule has 0 aliphatic carbocycles. The first-order chi connectivity index (χ1) is 9.99. The van der Waals surface area contributed by atoms with E-state index < -0.39 is 10.9 Å². The Morgan fingerprint density at radius 3 is 2.67 bits per heavy atom. The summed E-state index contributed by atoms with van der Waals surface area (Å²) < 4.78 is 0. The van der Waals surface area contributed by atoms with Gasteiger partial charge in [0.15, 0.2) is 0 Å². The van der Waals surface area contributed by atoms with E-state index in [1.165, 1.54) is 12.1 Å². The van der Waals surface area contributed by atoms with E-state index in [0.717, 1.165) is 37.7 Å². The minimum absolute atomic E-state index is 0.0946. The average molecular weight is 292 g/mol. The number of unbranched alkanes of at least 4 members (excludes halogenated alkanes) is 1. The zero-order valence-electron chi connectivity index (χ0n) is 12.3. The lowest BCUT2D eigenvalue weighted by molar-refractivity contribution is -0.385. The third kappa shape index (κ3) is 4.91. The molecule has 0 aromatic heterocycles. The summed E-state index contributed by atoms with van der Waals surface area (Å²) in [6.07, 6.45) is 4.27. The maximum absolute atomic E-state index is 11.0. The van der Waals surface area contributed by atoms with Gasteiger partial charge in [-0.15, -0.1) is 0 Å². The van der Waals surface area contributed by atoms with Crippen molar-refractivity contribution < 1.29 is 14.8 Å². The van der Waals surface area contributed by atoms with Crippen molar-refractivity contribution >= 4 is 23.4 Å². The Morgan fingerprint density at radius 1 is 1.43 bits per heavy atom. The van der Waals surface area contributed by atoms with E-state index in [1.54, 1.807) is 12.1 Å². The number of carboxylic acid groups (broad SMARTS) is 1. The van der Waals surface area contributed by atoms with Gasteiger partial charge in [-0.05, 0) is 31.6 Å². The van der Waals surface area contributed by atoms with Crippen molar-refractivity contribution in [1.29, 1.82) is 0 Å². The average Bonchev–Trinajstić information content (AvgIpc) is 2.45. The van der Waals surface area contributed by atoms with Gasteiger partial charge in [-0.3, -0.25) is 10.1 Å². The molecular formula is C15H20N2O4. The van der Waals surface area contributed by atoms with E-state index in [0.29, 0.717) is 5.56 Å². The molecule has 0 heterocycles. The highest BCUT2D eigenvalue weighted by Crippen LogP contribution is 2.26. The van der Waals surface area contributed by atoms with Crippen LogP contribution in [0.25, 0.3) is 6.08 Å². The first kappa shape index (κ1) is 16.7. The number of benzene rings is 1. The molecule has 6 nitrogen and oxygen atoms in total. The molecule has 0 spiro atoms. The second kappa shape index (κ2) is 8.04. The van der Waals surface area contributed by atoms with Gasteiger partial charge in [0, 0.05) is 30.9 Å². The molecule has 1 aromatic carbocycles. The fraction of sp³-hybridized carbons (Fsp3) is 0.400. The molecule has 0 amide bonds. The van der Waals surface area contributed by atoms with Crippen molar-refractivity contribution in [3.63, 3.8) is 0 Å². The second-order valence-corrected chi connectivity index (χ2v) is 4.61. The number of anilines is 1. The summed E-state index contributed by atoms with van der Waals surface area (Å²) in [5.41, 5.74) is 1.07. The molecule has 1 aromatic rings.